The fourth-order valence-corrected chi connectivity index (χ4v) is 4.80. The van der Waals surface area contributed by atoms with Crippen LogP contribution in [0.4, 0.5) is 9.39 Å². The molecule has 146 valence electrons. The molecule has 6 nitrogen and oxygen atoms in total. The number of hydrogen-bond acceptors (Lipinski definition) is 5. The van der Waals surface area contributed by atoms with E-state index in [9.17, 15) is 14.0 Å². The average Bonchev–Trinajstić information content (AvgIpc) is 3.21. The van der Waals surface area contributed by atoms with Crippen molar-refractivity contribution >= 4 is 33.9 Å². The van der Waals surface area contributed by atoms with Crippen LogP contribution in [-0.2, 0) is 28.8 Å². The highest BCUT2D eigenvalue weighted by Crippen LogP contribution is 2.38. The van der Waals surface area contributed by atoms with Crippen LogP contribution in [0, 0.1) is 5.82 Å². The number of nitrogens with zero attached hydrogens (tertiary/aromatic N) is 2. The Hall–Kier alpha value is -2.74. The van der Waals surface area contributed by atoms with Crippen LogP contribution in [0.15, 0.2) is 24.5 Å². The second-order valence-corrected chi connectivity index (χ2v) is 7.81. The van der Waals surface area contributed by atoms with Crippen LogP contribution < -0.4 is 5.32 Å². The third-order valence-corrected chi connectivity index (χ3v) is 5.92. The number of nitrogens with one attached hydrogen (secondary N) is 1. The number of imidazole rings is 1. The maximum Gasteiger partial charge on any atom is 0.341 e. The summed E-state index contributed by atoms with van der Waals surface area (Å²) >= 11 is 1.45. The molecule has 0 saturated heterocycles. The molecule has 1 N–H and O–H groups in total. The summed E-state index contributed by atoms with van der Waals surface area (Å²) in [6.07, 6.45) is 6.84. The van der Waals surface area contributed by atoms with Crippen LogP contribution in [0.25, 0.3) is 5.65 Å². The van der Waals surface area contributed by atoms with Crippen LogP contribution in [0.1, 0.15) is 46.3 Å². The molecular formula is C20H20FN3O3S. The predicted molar refractivity (Wildman–Crippen MR) is 104 cm³/mol. The van der Waals surface area contributed by atoms with E-state index in [1.807, 2.05) is 0 Å². The second-order valence-electron chi connectivity index (χ2n) is 6.71. The number of carbonyl (C=O) groups excluding carboxylic acids is 2. The summed E-state index contributed by atoms with van der Waals surface area (Å²) in [6.45, 7) is 2.05. The summed E-state index contributed by atoms with van der Waals surface area (Å²) in [4.78, 5) is 30.5. The first kappa shape index (κ1) is 18.6. The summed E-state index contributed by atoms with van der Waals surface area (Å²) in [5, 5.41) is 3.41. The third-order valence-electron chi connectivity index (χ3n) is 4.71. The molecule has 0 spiro atoms. The Kier molecular flexibility index (Phi) is 5.13. The Bertz CT molecular complexity index is 1060. The first-order valence-corrected chi connectivity index (χ1v) is 10.1. The summed E-state index contributed by atoms with van der Waals surface area (Å²) in [5.74, 6) is -1.03. The monoisotopic (exact) mass is 401 g/mol. The van der Waals surface area contributed by atoms with Gasteiger partial charge in [0, 0.05) is 17.3 Å². The molecule has 1 amide bonds. The van der Waals surface area contributed by atoms with Crippen molar-refractivity contribution < 1.29 is 18.7 Å². The third kappa shape index (κ3) is 3.64. The molecule has 3 aromatic heterocycles. The van der Waals surface area contributed by atoms with E-state index in [4.69, 9.17) is 4.74 Å². The molecule has 3 aromatic rings. The van der Waals surface area contributed by atoms with Crippen molar-refractivity contribution in [3.8, 4) is 0 Å². The number of fused-ring (bicyclic) bond motifs is 2. The van der Waals surface area contributed by atoms with Crippen molar-refractivity contribution in [2.24, 2.45) is 0 Å². The minimum absolute atomic E-state index is 0.0358. The zero-order valence-corrected chi connectivity index (χ0v) is 16.3. The number of ether oxygens (including phenoxy) is 1. The van der Waals surface area contributed by atoms with Crippen molar-refractivity contribution in [2.45, 2.75) is 39.0 Å². The van der Waals surface area contributed by atoms with Crippen molar-refractivity contribution in [3.05, 3.63) is 52.0 Å². The average molecular weight is 401 g/mol. The smallest absolute Gasteiger partial charge is 0.341 e. The minimum atomic E-state index is -0.389. The molecule has 0 fully saturated rings. The standard InChI is InChI=1S/C20H20FN3O3S/c1-2-27-20(26)18-14-5-3-4-6-15(14)28-19(18)23-17(25)9-13-11-24-10-12(21)7-8-16(24)22-13/h7-8,10-11H,2-6,9H2,1H3,(H,23,25). The topological polar surface area (TPSA) is 72.7 Å². The zero-order chi connectivity index (χ0) is 19.7. The van der Waals surface area contributed by atoms with E-state index < -0.39 is 0 Å². The Morgan fingerprint density at radius 1 is 1.29 bits per heavy atom. The fourth-order valence-electron chi connectivity index (χ4n) is 3.51. The summed E-state index contributed by atoms with van der Waals surface area (Å²) < 4.78 is 20.1. The van der Waals surface area contributed by atoms with E-state index in [1.165, 1.54) is 23.6 Å². The van der Waals surface area contributed by atoms with Crippen molar-refractivity contribution in [3.63, 3.8) is 0 Å². The molecule has 0 bridgehead atoms. The number of aryl methyl sites for hydroxylation is 1. The van der Waals surface area contributed by atoms with E-state index in [1.54, 1.807) is 23.6 Å². The fraction of sp³-hybridized carbons (Fsp3) is 0.350. The van der Waals surface area contributed by atoms with Gasteiger partial charge in [-0.15, -0.1) is 11.3 Å². The predicted octanol–water partition coefficient (Wildman–Crippen LogP) is 3.77. The van der Waals surface area contributed by atoms with Gasteiger partial charge in [0.2, 0.25) is 5.91 Å². The van der Waals surface area contributed by atoms with E-state index in [2.05, 4.69) is 10.3 Å². The molecule has 3 heterocycles. The lowest BCUT2D eigenvalue weighted by Crippen LogP contribution is -2.17. The molecule has 0 aromatic carbocycles. The minimum Gasteiger partial charge on any atom is -0.462 e. The molecule has 0 atom stereocenters. The number of aromatic nitrogens is 2. The number of amides is 1. The molecule has 1 aliphatic rings. The largest absolute Gasteiger partial charge is 0.462 e. The Morgan fingerprint density at radius 3 is 2.93 bits per heavy atom. The quantitative estimate of drug-likeness (QED) is 0.661. The van der Waals surface area contributed by atoms with E-state index in [0.29, 0.717) is 21.9 Å². The molecule has 0 saturated carbocycles. The van der Waals surface area contributed by atoms with Gasteiger partial charge in [0.05, 0.1) is 24.3 Å². The summed E-state index contributed by atoms with van der Waals surface area (Å²) in [5.41, 5.74) is 2.60. The molecule has 28 heavy (non-hydrogen) atoms. The van der Waals surface area contributed by atoms with E-state index in [0.717, 1.165) is 36.1 Å². The van der Waals surface area contributed by atoms with Crippen molar-refractivity contribution in [1.29, 1.82) is 0 Å². The SMILES string of the molecule is CCOC(=O)c1c(NC(=O)Cc2cn3cc(F)ccc3n2)sc2c1CCCC2. The van der Waals surface area contributed by atoms with Gasteiger partial charge in [-0.2, -0.15) is 0 Å². The first-order chi connectivity index (χ1) is 13.5. The van der Waals surface area contributed by atoms with Crippen LogP contribution in [0.3, 0.4) is 0 Å². The number of hydrogen-bond donors (Lipinski definition) is 1. The maximum absolute atomic E-state index is 13.3. The van der Waals surface area contributed by atoms with Gasteiger partial charge >= 0.3 is 5.97 Å². The van der Waals surface area contributed by atoms with Crippen LogP contribution in [0.2, 0.25) is 0 Å². The molecular weight excluding hydrogens is 381 g/mol. The lowest BCUT2D eigenvalue weighted by molar-refractivity contribution is -0.115. The van der Waals surface area contributed by atoms with Gasteiger partial charge < -0.3 is 14.5 Å². The van der Waals surface area contributed by atoms with E-state index >= 15 is 0 Å². The van der Waals surface area contributed by atoms with Gasteiger partial charge in [-0.25, -0.2) is 14.2 Å². The number of pyridine rings is 1. The molecule has 0 aliphatic heterocycles. The van der Waals surface area contributed by atoms with Gasteiger partial charge in [-0.3, -0.25) is 4.79 Å². The molecule has 0 radical (unpaired) electrons. The second kappa shape index (κ2) is 7.71. The van der Waals surface area contributed by atoms with E-state index in [-0.39, 0.29) is 30.7 Å². The van der Waals surface area contributed by atoms with Gasteiger partial charge in [-0.05, 0) is 50.3 Å². The molecule has 0 unspecified atom stereocenters. The highest BCUT2D eigenvalue weighted by atomic mass is 32.1. The van der Waals surface area contributed by atoms with Crippen molar-refractivity contribution in [1.82, 2.24) is 9.38 Å². The van der Waals surface area contributed by atoms with Crippen LogP contribution in [-0.4, -0.2) is 27.9 Å². The van der Waals surface area contributed by atoms with Crippen LogP contribution in [0.5, 0.6) is 0 Å². The van der Waals surface area contributed by atoms with Gasteiger partial charge in [-0.1, -0.05) is 0 Å². The van der Waals surface area contributed by atoms with Crippen molar-refractivity contribution in [2.75, 3.05) is 11.9 Å². The number of carbonyl (C=O) groups is 2. The number of rotatable bonds is 5. The zero-order valence-electron chi connectivity index (χ0n) is 15.5. The molecule has 8 heteroatoms. The lowest BCUT2D eigenvalue weighted by Gasteiger charge is -2.12. The lowest BCUT2D eigenvalue weighted by atomic mass is 9.95. The Labute approximate surface area is 165 Å². The van der Waals surface area contributed by atoms with Gasteiger partial charge in [0.1, 0.15) is 16.5 Å². The molecule has 4 rings (SSSR count). The Morgan fingerprint density at radius 2 is 2.11 bits per heavy atom. The number of esters is 1. The van der Waals surface area contributed by atoms with Crippen LogP contribution >= 0.6 is 11.3 Å². The highest BCUT2D eigenvalue weighted by molar-refractivity contribution is 7.17. The molecule has 1 aliphatic carbocycles. The number of anilines is 1. The Balaban J connectivity index is 1.56. The normalized spacial score (nSPS) is 13.4. The first-order valence-electron chi connectivity index (χ1n) is 9.29. The number of halogens is 1. The van der Waals surface area contributed by atoms with Gasteiger partial charge in [0.15, 0.2) is 0 Å². The number of thiophene rings is 1. The summed E-state index contributed by atoms with van der Waals surface area (Å²) in [6, 6.07) is 2.89. The summed E-state index contributed by atoms with van der Waals surface area (Å²) in [7, 11) is 0. The van der Waals surface area contributed by atoms with Gasteiger partial charge in [0.25, 0.3) is 0 Å². The maximum atomic E-state index is 13.3. The highest BCUT2D eigenvalue weighted by Gasteiger charge is 2.27.